The average Bonchev–Trinajstić information content (AvgIpc) is 2.92. The van der Waals surface area contributed by atoms with Crippen molar-refractivity contribution in [2.45, 2.75) is 77.0 Å². The van der Waals surface area contributed by atoms with E-state index in [9.17, 15) is 29.4 Å². The molecule has 41 heavy (non-hydrogen) atoms. The van der Waals surface area contributed by atoms with Crippen molar-refractivity contribution in [3.8, 4) is 5.75 Å². The molecule has 11 heteroatoms. The minimum atomic E-state index is -1.17. The van der Waals surface area contributed by atoms with Gasteiger partial charge in [-0.25, -0.2) is 4.79 Å². The van der Waals surface area contributed by atoms with E-state index in [1.165, 1.54) is 4.90 Å². The van der Waals surface area contributed by atoms with Crippen LogP contribution in [0.5, 0.6) is 5.75 Å². The van der Waals surface area contributed by atoms with Gasteiger partial charge in [-0.2, -0.15) is 12.6 Å². The van der Waals surface area contributed by atoms with Crippen LogP contribution in [0.4, 0.5) is 0 Å². The predicted octanol–water partition coefficient (Wildman–Crippen LogP) is 2.01. The lowest BCUT2D eigenvalue weighted by molar-refractivity contribution is -0.146. The molecule has 10 nitrogen and oxygen atoms in total. The van der Waals surface area contributed by atoms with E-state index in [0.29, 0.717) is 31.6 Å². The van der Waals surface area contributed by atoms with E-state index < -0.39 is 35.9 Å². The third kappa shape index (κ3) is 8.71. The first-order chi connectivity index (χ1) is 19.5. The predicted molar refractivity (Wildman–Crippen MR) is 159 cm³/mol. The van der Waals surface area contributed by atoms with Crippen LogP contribution in [0.2, 0.25) is 0 Å². The summed E-state index contributed by atoms with van der Waals surface area (Å²) in [6, 6.07) is 7.77. The monoisotopic (exact) mass is 584 g/mol. The van der Waals surface area contributed by atoms with Gasteiger partial charge in [0.25, 0.3) is 0 Å². The second-order valence-corrected chi connectivity index (χ2v) is 11.0. The molecule has 0 aromatic heterocycles. The standard InChI is InChI=1S/C30H40N4O6S/c1-18-13-22(35)14-19(2)23(18)16-24(31)29(38)34-17-21-8-4-3-7-20(21)15-26(34)28(37)33-25(30(39)40)9-5-6-11-32-27(36)10-12-41/h3-4,7-8,13-14,24-26,35,41H,5-6,9-12,15-17,31H2,1-2H3,(H,32,36)(H,33,37)(H,39,40)/t24-,25-,26-/m0/s1. The number of hydrogen-bond acceptors (Lipinski definition) is 7. The van der Waals surface area contributed by atoms with E-state index in [1.807, 2.05) is 38.1 Å². The Balaban J connectivity index is 1.72. The molecule has 0 saturated heterocycles. The molecule has 0 saturated carbocycles. The van der Waals surface area contributed by atoms with Gasteiger partial charge in [-0.1, -0.05) is 24.3 Å². The van der Waals surface area contributed by atoms with Crippen LogP contribution in [0.25, 0.3) is 0 Å². The smallest absolute Gasteiger partial charge is 0.326 e. The number of phenolic OH excluding ortho intramolecular Hbond substituents is 1. The van der Waals surface area contributed by atoms with Crippen LogP contribution in [0.1, 0.15) is 53.5 Å². The number of thiol groups is 1. The summed E-state index contributed by atoms with van der Waals surface area (Å²) >= 11 is 4.02. The van der Waals surface area contributed by atoms with E-state index >= 15 is 0 Å². The van der Waals surface area contributed by atoms with Crippen LogP contribution in [0.15, 0.2) is 36.4 Å². The number of amides is 3. The van der Waals surface area contributed by atoms with Crippen molar-refractivity contribution >= 4 is 36.3 Å². The molecule has 2 aromatic carbocycles. The number of aromatic hydroxyl groups is 1. The third-order valence-corrected chi connectivity index (χ3v) is 7.68. The van der Waals surface area contributed by atoms with Gasteiger partial charge in [0, 0.05) is 25.9 Å². The minimum absolute atomic E-state index is 0.112. The number of aliphatic carboxylic acids is 1. The Labute approximate surface area is 246 Å². The zero-order valence-corrected chi connectivity index (χ0v) is 24.5. The van der Waals surface area contributed by atoms with E-state index in [-0.39, 0.29) is 37.5 Å². The van der Waals surface area contributed by atoms with E-state index in [0.717, 1.165) is 27.8 Å². The minimum Gasteiger partial charge on any atom is -0.508 e. The maximum atomic E-state index is 13.7. The Morgan fingerprint density at radius 3 is 2.39 bits per heavy atom. The number of aryl methyl sites for hydroxylation is 2. The number of nitrogens with zero attached hydrogens (tertiary/aromatic N) is 1. The van der Waals surface area contributed by atoms with Gasteiger partial charge >= 0.3 is 5.97 Å². The number of benzene rings is 2. The first-order valence-corrected chi connectivity index (χ1v) is 14.5. The Bertz CT molecular complexity index is 1250. The summed E-state index contributed by atoms with van der Waals surface area (Å²) in [5, 5.41) is 25.0. The lowest BCUT2D eigenvalue weighted by Crippen LogP contribution is -2.58. The molecule has 3 rings (SSSR count). The van der Waals surface area contributed by atoms with Crippen molar-refractivity contribution in [2.24, 2.45) is 5.73 Å². The largest absolute Gasteiger partial charge is 0.508 e. The van der Waals surface area contributed by atoms with Crippen LogP contribution >= 0.6 is 12.6 Å². The number of hydrogen-bond donors (Lipinski definition) is 6. The SMILES string of the molecule is Cc1cc(O)cc(C)c1C[C@H](N)C(=O)N1Cc2ccccc2C[C@H]1C(=O)N[C@@H](CCCCNC(=O)CCS)C(=O)O. The first-order valence-electron chi connectivity index (χ1n) is 13.8. The van der Waals surface area contributed by atoms with Gasteiger partial charge in [-0.15, -0.1) is 0 Å². The van der Waals surface area contributed by atoms with Gasteiger partial charge in [0.2, 0.25) is 17.7 Å². The second-order valence-electron chi connectivity index (χ2n) is 10.5. The van der Waals surface area contributed by atoms with Crippen LogP contribution in [-0.2, 0) is 38.6 Å². The highest BCUT2D eigenvalue weighted by atomic mass is 32.1. The number of phenols is 1. The third-order valence-electron chi connectivity index (χ3n) is 7.45. The van der Waals surface area contributed by atoms with Gasteiger partial charge in [0.05, 0.1) is 6.04 Å². The summed E-state index contributed by atoms with van der Waals surface area (Å²) in [4.78, 5) is 52.2. The van der Waals surface area contributed by atoms with E-state index in [2.05, 4.69) is 23.3 Å². The van der Waals surface area contributed by atoms with Gasteiger partial charge in [0.1, 0.15) is 17.8 Å². The zero-order valence-electron chi connectivity index (χ0n) is 23.6. The van der Waals surface area contributed by atoms with Gasteiger partial charge in [-0.3, -0.25) is 14.4 Å². The Morgan fingerprint density at radius 2 is 1.76 bits per heavy atom. The maximum Gasteiger partial charge on any atom is 0.326 e. The summed E-state index contributed by atoms with van der Waals surface area (Å²) < 4.78 is 0. The summed E-state index contributed by atoms with van der Waals surface area (Å²) in [6.45, 7) is 4.27. The van der Waals surface area contributed by atoms with Crippen LogP contribution in [0.3, 0.4) is 0 Å². The normalized spacial score (nSPS) is 15.9. The fraction of sp³-hybridized carbons (Fsp3) is 0.467. The average molecular weight is 585 g/mol. The highest BCUT2D eigenvalue weighted by molar-refractivity contribution is 7.80. The summed E-state index contributed by atoms with van der Waals surface area (Å²) in [7, 11) is 0. The van der Waals surface area contributed by atoms with Gasteiger partial charge in [-0.05, 0) is 85.2 Å². The molecule has 1 heterocycles. The Kier molecular flexibility index (Phi) is 11.6. The molecule has 0 unspecified atom stereocenters. The van der Waals surface area contributed by atoms with E-state index in [4.69, 9.17) is 5.73 Å². The van der Waals surface area contributed by atoms with Crippen molar-refractivity contribution in [1.82, 2.24) is 15.5 Å². The molecule has 0 spiro atoms. The molecule has 3 atom stereocenters. The number of carboxylic acid groups (broad SMARTS) is 1. The zero-order chi connectivity index (χ0) is 30.1. The fourth-order valence-electron chi connectivity index (χ4n) is 5.22. The molecule has 1 aliphatic rings. The molecular formula is C30H40N4O6S. The molecule has 2 aromatic rings. The Hall–Kier alpha value is -3.57. The topological polar surface area (TPSA) is 162 Å². The van der Waals surface area contributed by atoms with Crippen molar-refractivity contribution in [3.63, 3.8) is 0 Å². The second kappa shape index (κ2) is 14.9. The summed E-state index contributed by atoms with van der Waals surface area (Å²) in [5.41, 5.74) is 10.7. The van der Waals surface area contributed by atoms with Crippen molar-refractivity contribution in [1.29, 1.82) is 0 Å². The number of rotatable bonds is 13. The number of carboxylic acids is 1. The van der Waals surface area contributed by atoms with Gasteiger partial charge in [0.15, 0.2) is 0 Å². The van der Waals surface area contributed by atoms with Crippen LogP contribution in [0, 0.1) is 13.8 Å². The highest BCUT2D eigenvalue weighted by Gasteiger charge is 2.38. The number of carbonyl (C=O) groups is 4. The maximum absolute atomic E-state index is 13.7. The quantitative estimate of drug-likeness (QED) is 0.155. The number of nitrogens with two attached hydrogens (primary N) is 1. The fourth-order valence-corrected chi connectivity index (χ4v) is 5.42. The highest BCUT2D eigenvalue weighted by Crippen LogP contribution is 2.26. The summed E-state index contributed by atoms with van der Waals surface area (Å²) in [5.74, 6) is -1.65. The van der Waals surface area contributed by atoms with Crippen molar-refractivity contribution in [2.75, 3.05) is 12.3 Å². The van der Waals surface area contributed by atoms with Crippen LogP contribution < -0.4 is 16.4 Å². The van der Waals surface area contributed by atoms with Crippen molar-refractivity contribution in [3.05, 3.63) is 64.2 Å². The molecule has 0 bridgehead atoms. The molecule has 6 N–H and O–H groups in total. The molecule has 222 valence electrons. The molecule has 0 fully saturated rings. The molecule has 1 aliphatic heterocycles. The molecule has 0 aliphatic carbocycles. The van der Waals surface area contributed by atoms with Crippen LogP contribution in [-0.4, -0.2) is 69.2 Å². The number of carbonyl (C=O) groups excluding carboxylic acids is 3. The van der Waals surface area contributed by atoms with Crippen molar-refractivity contribution < 1.29 is 29.4 Å². The number of fused-ring (bicyclic) bond motifs is 1. The lowest BCUT2D eigenvalue weighted by Gasteiger charge is -2.38. The molecule has 3 amide bonds. The Morgan fingerprint density at radius 1 is 1.10 bits per heavy atom. The first kappa shape index (κ1) is 32.0. The van der Waals surface area contributed by atoms with Gasteiger partial charge < -0.3 is 31.5 Å². The summed E-state index contributed by atoms with van der Waals surface area (Å²) in [6.07, 6.45) is 2.00. The lowest BCUT2D eigenvalue weighted by atomic mass is 9.91. The van der Waals surface area contributed by atoms with E-state index in [1.54, 1.807) is 12.1 Å². The number of nitrogens with one attached hydrogen (secondary N) is 2. The molecule has 0 radical (unpaired) electrons. The molecular weight excluding hydrogens is 544 g/mol. The number of unbranched alkanes of at least 4 members (excludes halogenated alkanes) is 1.